The summed E-state index contributed by atoms with van der Waals surface area (Å²) in [4.78, 5) is 0. The van der Waals surface area contributed by atoms with Crippen molar-refractivity contribution in [3.8, 4) is 5.75 Å². The van der Waals surface area contributed by atoms with Gasteiger partial charge >= 0.3 is 0 Å². The molecule has 2 aromatic rings. The molecule has 0 saturated carbocycles. The number of halogens is 1. The predicted molar refractivity (Wildman–Crippen MR) is 105 cm³/mol. The molecule has 3 rings (SSSR count). The first-order chi connectivity index (χ1) is 13.4. The summed E-state index contributed by atoms with van der Waals surface area (Å²) in [6.07, 6.45) is -5.09. The maximum Gasteiger partial charge on any atom is 0.119 e. The van der Waals surface area contributed by atoms with Crippen LogP contribution in [0.25, 0.3) is 0 Å². The molecule has 5 atom stereocenters. The third-order valence-electron chi connectivity index (χ3n) is 4.89. The largest absolute Gasteiger partial charge is 0.494 e. The summed E-state index contributed by atoms with van der Waals surface area (Å²) in [6.45, 7) is 1.97. The van der Waals surface area contributed by atoms with Crippen molar-refractivity contribution >= 4 is 11.6 Å². The van der Waals surface area contributed by atoms with E-state index in [4.69, 9.17) is 26.2 Å². The number of benzene rings is 2. The highest BCUT2D eigenvalue weighted by Gasteiger charge is 2.46. The van der Waals surface area contributed by atoms with Gasteiger partial charge < -0.3 is 29.9 Å². The quantitative estimate of drug-likeness (QED) is 0.558. The summed E-state index contributed by atoms with van der Waals surface area (Å²) in [7, 11) is 0. The molecule has 0 aromatic heterocycles. The molecular weight excluding hydrogens is 384 g/mol. The summed E-state index contributed by atoms with van der Waals surface area (Å²) in [6, 6.07) is 13.0. The molecule has 6 nitrogen and oxygen atoms in total. The van der Waals surface area contributed by atoms with Crippen LogP contribution in [0.2, 0.25) is 5.02 Å². The first-order valence-electron chi connectivity index (χ1n) is 9.25. The van der Waals surface area contributed by atoms with Gasteiger partial charge in [-0.25, -0.2) is 0 Å². The Bertz CT molecular complexity index is 781. The monoisotopic (exact) mass is 408 g/mol. The van der Waals surface area contributed by atoms with Crippen molar-refractivity contribution in [3.05, 3.63) is 64.2 Å². The Hall–Kier alpha value is -1.67. The number of hydrogen-bond acceptors (Lipinski definition) is 6. The van der Waals surface area contributed by atoms with Gasteiger partial charge in [0.1, 0.15) is 36.3 Å². The van der Waals surface area contributed by atoms with Gasteiger partial charge in [-0.2, -0.15) is 0 Å². The van der Waals surface area contributed by atoms with Crippen molar-refractivity contribution in [1.29, 1.82) is 0 Å². The summed E-state index contributed by atoms with van der Waals surface area (Å²) >= 11 is 6.35. The first kappa shape index (κ1) is 21.0. The zero-order chi connectivity index (χ0) is 20.3. The highest BCUT2D eigenvalue weighted by molar-refractivity contribution is 6.31. The molecule has 1 heterocycles. The topological polar surface area (TPSA) is 99.4 Å². The molecule has 28 heavy (non-hydrogen) atoms. The molecule has 7 heteroatoms. The Morgan fingerprint density at radius 3 is 2.46 bits per heavy atom. The molecule has 4 N–H and O–H groups in total. The van der Waals surface area contributed by atoms with E-state index in [1.165, 1.54) is 0 Å². The van der Waals surface area contributed by atoms with Crippen LogP contribution in [0, 0.1) is 0 Å². The lowest BCUT2D eigenvalue weighted by Crippen LogP contribution is -2.40. The fraction of sp³-hybridized carbons (Fsp3) is 0.429. The minimum atomic E-state index is -1.29. The maximum atomic E-state index is 10.3. The van der Waals surface area contributed by atoms with Crippen LogP contribution >= 0.6 is 11.6 Å². The summed E-state index contributed by atoms with van der Waals surface area (Å²) in [5.74, 6) is 0.802. The number of aliphatic hydroxyl groups is 4. The minimum Gasteiger partial charge on any atom is -0.494 e. The predicted octanol–water partition coefficient (Wildman–Crippen LogP) is 1.84. The number of ether oxygens (including phenoxy) is 2. The van der Waals surface area contributed by atoms with Gasteiger partial charge in [0.25, 0.3) is 0 Å². The van der Waals surface area contributed by atoms with E-state index in [9.17, 15) is 15.3 Å². The zero-order valence-electron chi connectivity index (χ0n) is 15.5. The van der Waals surface area contributed by atoms with Gasteiger partial charge in [0.05, 0.1) is 13.2 Å². The molecular formula is C21H25ClO6. The second-order valence-corrected chi connectivity index (χ2v) is 7.26. The van der Waals surface area contributed by atoms with Crippen LogP contribution in [-0.4, -0.2) is 58.1 Å². The minimum absolute atomic E-state index is 0.565. The summed E-state index contributed by atoms with van der Waals surface area (Å²) < 4.78 is 11.1. The SMILES string of the molecule is CCOc1ccc(Cc2cc([C@@H]3OC([C@H](O)CO)[C@H](O)[C@H]3O)ccc2Cl)cc1. The van der Waals surface area contributed by atoms with E-state index in [0.717, 1.165) is 16.9 Å². The number of hydrogen-bond donors (Lipinski definition) is 4. The highest BCUT2D eigenvalue weighted by Crippen LogP contribution is 2.36. The number of rotatable bonds is 7. The van der Waals surface area contributed by atoms with Crippen LogP contribution < -0.4 is 4.74 Å². The smallest absolute Gasteiger partial charge is 0.119 e. The van der Waals surface area contributed by atoms with E-state index in [1.54, 1.807) is 12.1 Å². The molecule has 1 unspecified atom stereocenters. The molecule has 1 aliphatic rings. The maximum absolute atomic E-state index is 10.3. The van der Waals surface area contributed by atoms with Crippen LogP contribution in [0.4, 0.5) is 0 Å². The van der Waals surface area contributed by atoms with Gasteiger partial charge in [-0.15, -0.1) is 0 Å². The van der Waals surface area contributed by atoms with Crippen LogP contribution in [0.5, 0.6) is 5.75 Å². The fourth-order valence-electron chi connectivity index (χ4n) is 3.40. The molecule has 1 fully saturated rings. The van der Waals surface area contributed by atoms with Crippen molar-refractivity contribution in [2.45, 2.75) is 43.9 Å². The molecule has 0 amide bonds. The third-order valence-corrected chi connectivity index (χ3v) is 5.26. The van der Waals surface area contributed by atoms with Crippen molar-refractivity contribution in [2.75, 3.05) is 13.2 Å². The van der Waals surface area contributed by atoms with Gasteiger partial charge in [0.2, 0.25) is 0 Å². The van der Waals surface area contributed by atoms with Crippen LogP contribution in [0.15, 0.2) is 42.5 Å². The average molecular weight is 409 g/mol. The lowest BCUT2D eigenvalue weighted by molar-refractivity contribution is -0.0820. The summed E-state index contributed by atoms with van der Waals surface area (Å²) in [5, 5.41) is 40.0. The van der Waals surface area contributed by atoms with E-state index in [-0.39, 0.29) is 0 Å². The molecule has 1 aliphatic heterocycles. The van der Waals surface area contributed by atoms with Gasteiger partial charge in [-0.1, -0.05) is 35.9 Å². The Balaban J connectivity index is 1.79. The second kappa shape index (κ2) is 9.22. The molecule has 0 radical (unpaired) electrons. The average Bonchev–Trinajstić information content (AvgIpc) is 3.00. The van der Waals surface area contributed by atoms with E-state index < -0.39 is 37.1 Å². The van der Waals surface area contributed by atoms with Gasteiger partial charge in [-0.05, 0) is 48.2 Å². The molecule has 0 bridgehead atoms. The van der Waals surface area contributed by atoms with Crippen molar-refractivity contribution in [1.82, 2.24) is 0 Å². The van der Waals surface area contributed by atoms with Gasteiger partial charge in [0.15, 0.2) is 0 Å². The van der Waals surface area contributed by atoms with Crippen LogP contribution in [0.3, 0.4) is 0 Å². The second-order valence-electron chi connectivity index (χ2n) is 6.86. The summed E-state index contributed by atoms with van der Waals surface area (Å²) in [5.41, 5.74) is 2.54. The van der Waals surface area contributed by atoms with E-state index in [2.05, 4.69) is 0 Å². The highest BCUT2D eigenvalue weighted by atomic mass is 35.5. The lowest BCUT2D eigenvalue weighted by Gasteiger charge is -2.19. The Kier molecular flexibility index (Phi) is 6.93. The van der Waals surface area contributed by atoms with Gasteiger partial charge in [-0.3, -0.25) is 0 Å². The van der Waals surface area contributed by atoms with E-state index in [1.807, 2.05) is 37.3 Å². The Morgan fingerprint density at radius 1 is 1.11 bits per heavy atom. The standard InChI is InChI=1S/C21H25ClO6/c1-2-27-15-6-3-12(4-7-15)9-14-10-13(5-8-16(14)22)20-18(25)19(26)21(28-20)17(24)11-23/h3-8,10,17-21,23-26H,2,9,11H2,1H3/t17-,18-,19-,20+,21?/m1/s1. The van der Waals surface area contributed by atoms with Crippen molar-refractivity contribution in [2.24, 2.45) is 0 Å². The first-order valence-corrected chi connectivity index (χ1v) is 9.63. The van der Waals surface area contributed by atoms with E-state index in [0.29, 0.717) is 23.6 Å². The fourth-order valence-corrected chi connectivity index (χ4v) is 3.58. The lowest BCUT2D eigenvalue weighted by atomic mass is 9.96. The van der Waals surface area contributed by atoms with Crippen LogP contribution in [0.1, 0.15) is 29.7 Å². The Morgan fingerprint density at radius 2 is 1.82 bits per heavy atom. The zero-order valence-corrected chi connectivity index (χ0v) is 16.3. The van der Waals surface area contributed by atoms with Crippen molar-refractivity contribution in [3.63, 3.8) is 0 Å². The molecule has 1 saturated heterocycles. The molecule has 0 spiro atoms. The van der Waals surface area contributed by atoms with Crippen LogP contribution in [-0.2, 0) is 11.2 Å². The van der Waals surface area contributed by atoms with Crippen molar-refractivity contribution < 1.29 is 29.9 Å². The van der Waals surface area contributed by atoms with E-state index >= 15 is 0 Å². The third kappa shape index (κ3) is 4.49. The number of aliphatic hydroxyl groups excluding tert-OH is 4. The molecule has 2 aromatic carbocycles. The normalized spacial score (nSPS) is 25.6. The molecule has 0 aliphatic carbocycles. The van der Waals surface area contributed by atoms with Gasteiger partial charge in [0, 0.05) is 5.02 Å². The Labute approximate surface area is 168 Å². The molecule has 152 valence electrons.